The predicted molar refractivity (Wildman–Crippen MR) is 62.5 cm³/mol. The minimum absolute atomic E-state index is 1.13. The van der Waals surface area contributed by atoms with Crippen LogP contribution in [0.4, 0.5) is 5.00 Å². The van der Waals surface area contributed by atoms with Crippen molar-refractivity contribution in [3.63, 3.8) is 0 Å². The average Bonchev–Trinajstić information content (AvgIpc) is 2.60. The monoisotopic (exact) mass is 208 g/mol. The standard InChI is InChI=1S/C11H16N2S/c1-13-8-4-2-3-6-10(13)12-11-7-5-9-14-11/h5,7,9H,2-4,6,8H2,1H3. The summed E-state index contributed by atoms with van der Waals surface area (Å²) in [7, 11) is 2.15. The summed E-state index contributed by atoms with van der Waals surface area (Å²) >= 11 is 1.71. The lowest BCUT2D eigenvalue weighted by molar-refractivity contribution is 0.494. The highest BCUT2D eigenvalue weighted by atomic mass is 32.1. The molecule has 2 nitrogen and oxygen atoms in total. The van der Waals surface area contributed by atoms with Gasteiger partial charge in [-0.25, -0.2) is 4.99 Å². The highest BCUT2D eigenvalue weighted by Crippen LogP contribution is 2.21. The van der Waals surface area contributed by atoms with Gasteiger partial charge in [-0.3, -0.25) is 0 Å². The van der Waals surface area contributed by atoms with Gasteiger partial charge in [0.05, 0.1) is 0 Å². The SMILES string of the molecule is CN1CCCCCC1=Nc1cccs1. The molecule has 1 saturated heterocycles. The Hall–Kier alpha value is -0.830. The van der Waals surface area contributed by atoms with Crippen LogP contribution in [0.25, 0.3) is 0 Å². The molecule has 2 heterocycles. The van der Waals surface area contributed by atoms with Crippen molar-refractivity contribution in [1.29, 1.82) is 0 Å². The zero-order valence-corrected chi connectivity index (χ0v) is 9.39. The van der Waals surface area contributed by atoms with Gasteiger partial charge in [0.1, 0.15) is 10.8 Å². The van der Waals surface area contributed by atoms with Gasteiger partial charge in [0.15, 0.2) is 0 Å². The van der Waals surface area contributed by atoms with E-state index >= 15 is 0 Å². The van der Waals surface area contributed by atoms with Crippen molar-refractivity contribution in [3.8, 4) is 0 Å². The molecule has 0 saturated carbocycles. The summed E-state index contributed by atoms with van der Waals surface area (Å²) < 4.78 is 0. The van der Waals surface area contributed by atoms with Crippen molar-refractivity contribution < 1.29 is 0 Å². The third-order valence-corrected chi connectivity index (χ3v) is 3.34. The Kier molecular flexibility index (Phi) is 3.19. The summed E-state index contributed by atoms with van der Waals surface area (Å²) in [5.74, 6) is 1.25. The molecule has 1 aromatic heterocycles. The Bertz CT molecular complexity index is 303. The van der Waals surface area contributed by atoms with Crippen molar-refractivity contribution in [1.82, 2.24) is 4.90 Å². The van der Waals surface area contributed by atoms with Crippen LogP contribution < -0.4 is 0 Å². The first-order chi connectivity index (χ1) is 6.86. The predicted octanol–water partition coefficient (Wildman–Crippen LogP) is 3.28. The second-order valence-corrected chi connectivity index (χ2v) is 4.64. The number of rotatable bonds is 1. The maximum atomic E-state index is 4.68. The fraction of sp³-hybridized carbons (Fsp3) is 0.545. The largest absolute Gasteiger partial charge is 0.363 e. The van der Waals surface area contributed by atoms with Crippen molar-refractivity contribution in [2.45, 2.75) is 25.7 Å². The number of hydrogen-bond acceptors (Lipinski definition) is 2. The maximum absolute atomic E-state index is 4.68. The lowest BCUT2D eigenvalue weighted by atomic mass is 10.2. The number of likely N-dealkylation sites (tertiary alicyclic amines) is 1. The molecule has 0 amide bonds. The van der Waals surface area contributed by atoms with Gasteiger partial charge in [-0.1, -0.05) is 6.42 Å². The lowest BCUT2D eigenvalue weighted by Crippen LogP contribution is -2.25. The Morgan fingerprint density at radius 2 is 2.29 bits per heavy atom. The van der Waals surface area contributed by atoms with Crippen LogP contribution in [-0.4, -0.2) is 24.3 Å². The second-order valence-electron chi connectivity index (χ2n) is 3.71. The normalized spacial score (nSPS) is 21.2. The van der Waals surface area contributed by atoms with Gasteiger partial charge < -0.3 is 4.90 Å². The molecule has 0 aliphatic carbocycles. The Morgan fingerprint density at radius 3 is 3.07 bits per heavy atom. The number of thiophene rings is 1. The van der Waals surface area contributed by atoms with Crippen LogP contribution in [-0.2, 0) is 0 Å². The molecule has 1 fully saturated rings. The fourth-order valence-corrected chi connectivity index (χ4v) is 2.34. The van der Waals surface area contributed by atoms with E-state index in [0.29, 0.717) is 0 Å². The molecule has 1 aromatic rings. The highest BCUT2D eigenvalue weighted by Gasteiger charge is 2.10. The van der Waals surface area contributed by atoms with Crippen LogP contribution in [0.2, 0.25) is 0 Å². The first kappa shape index (κ1) is 9.71. The minimum Gasteiger partial charge on any atom is -0.363 e. The van der Waals surface area contributed by atoms with E-state index in [1.807, 2.05) is 0 Å². The summed E-state index contributed by atoms with van der Waals surface area (Å²) in [5.41, 5.74) is 0. The van der Waals surface area contributed by atoms with Gasteiger partial charge in [-0.05, 0) is 30.4 Å². The van der Waals surface area contributed by atoms with Crippen molar-refractivity contribution >= 4 is 22.2 Å². The molecule has 14 heavy (non-hydrogen) atoms. The molecule has 0 atom stereocenters. The second kappa shape index (κ2) is 4.60. The van der Waals surface area contributed by atoms with Gasteiger partial charge >= 0.3 is 0 Å². The van der Waals surface area contributed by atoms with Crippen molar-refractivity contribution in [3.05, 3.63) is 17.5 Å². The van der Waals surface area contributed by atoms with Crippen LogP contribution in [0, 0.1) is 0 Å². The number of hydrogen-bond donors (Lipinski definition) is 0. The van der Waals surface area contributed by atoms with Gasteiger partial charge in [0, 0.05) is 20.0 Å². The molecule has 76 valence electrons. The van der Waals surface area contributed by atoms with Crippen LogP contribution in [0.1, 0.15) is 25.7 Å². The molecule has 3 heteroatoms. The molecule has 0 radical (unpaired) electrons. The van der Waals surface area contributed by atoms with Crippen LogP contribution in [0.15, 0.2) is 22.5 Å². The number of nitrogens with zero attached hydrogens (tertiary/aromatic N) is 2. The molecule has 0 bridgehead atoms. The first-order valence-corrected chi connectivity index (χ1v) is 6.06. The zero-order chi connectivity index (χ0) is 9.80. The van der Waals surface area contributed by atoms with Crippen molar-refractivity contribution in [2.75, 3.05) is 13.6 Å². The van der Waals surface area contributed by atoms with E-state index in [2.05, 4.69) is 34.5 Å². The Morgan fingerprint density at radius 1 is 1.36 bits per heavy atom. The van der Waals surface area contributed by atoms with E-state index in [-0.39, 0.29) is 0 Å². The quantitative estimate of drug-likeness (QED) is 0.691. The summed E-state index contributed by atoms with van der Waals surface area (Å²) in [6, 6.07) is 4.14. The average molecular weight is 208 g/mol. The molecule has 0 unspecified atom stereocenters. The van der Waals surface area contributed by atoms with Gasteiger partial charge in [-0.2, -0.15) is 0 Å². The van der Waals surface area contributed by atoms with E-state index in [9.17, 15) is 0 Å². The molecule has 0 aromatic carbocycles. The summed E-state index contributed by atoms with van der Waals surface area (Å²) in [4.78, 5) is 6.98. The smallest absolute Gasteiger partial charge is 0.118 e. The third kappa shape index (κ3) is 2.35. The zero-order valence-electron chi connectivity index (χ0n) is 8.57. The lowest BCUT2D eigenvalue weighted by Gasteiger charge is -2.17. The van der Waals surface area contributed by atoms with Crippen LogP contribution >= 0.6 is 11.3 Å². The molecular weight excluding hydrogens is 192 g/mol. The summed E-state index contributed by atoms with van der Waals surface area (Å²) in [6.07, 6.45) is 5.07. The van der Waals surface area contributed by atoms with E-state index in [1.54, 1.807) is 11.3 Å². The van der Waals surface area contributed by atoms with Gasteiger partial charge in [0.2, 0.25) is 0 Å². The molecule has 2 rings (SSSR count). The molecule has 1 aliphatic rings. The molecular formula is C11H16N2S. The molecule has 0 N–H and O–H groups in total. The van der Waals surface area contributed by atoms with Crippen molar-refractivity contribution in [2.24, 2.45) is 4.99 Å². The topological polar surface area (TPSA) is 15.6 Å². The Labute approximate surface area is 89.3 Å². The van der Waals surface area contributed by atoms with E-state index in [4.69, 9.17) is 0 Å². The molecule has 0 spiro atoms. The van der Waals surface area contributed by atoms with E-state index < -0.39 is 0 Å². The Balaban J connectivity index is 2.14. The highest BCUT2D eigenvalue weighted by molar-refractivity contribution is 7.13. The fourth-order valence-electron chi connectivity index (χ4n) is 1.73. The van der Waals surface area contributed by atoms with Gasteiger partial charge in [-0.15, -0.1) is 11.3 Å². The number of amidine groups is 1. The maximum Gasteiger partial charge on any atom is 0.118 e. The first-order valence-electron chi connectivity index (χ1n) is 5.18. The summed E-state index contributed by atoms with van der Waals surface area (Å²) in [5, 5.41) is 3.21. The van der Waals surface area contributed by atoms with Crippen LogP contribution in [0.5, 0.6) is 0 Å². The van der Waals surface area contributed by atoms with Gasteiger partial charge in [0.25, 0.3) is 0 Å². The van der Waals surface area contributed by atoms with Crippen LogP contribution in [0.3, 0.4) is 0 Å². The minimum atomic E-state index is 1.13. The summed E-state index contributed by atoms with van der Waals surface area (Å²) in [6.45, 7) is 1.16. The number of aliphatic imine (C=N–C) groups is 1. The third-order valence-electron chi connectivity index (χ3n) is 2.58. The molecule has 1 aliphatic heterocycles. The van der Waals surface area contributed by atoms with E-state index in [0.717, 1.165) is 18.0 Å². The van der Waals surface area contributed by atoms with E-state index in [1.165, 1.54) is 25.1 Å².